The van der Waals surface area contributed by atoms with Crippen molar-refractivity contribution >= 4 is 21.6 Å². The second kappa shape index (κ2) is 8.75. The van der Waals surface area contributed by atoms with Crippen LogP contribution in [0.15, 0.2) is 48.5 Å². The van der Waals surface area contributed by atoms with Crippen LogP contribution >= 0.6 is 0 Å². The van der Waals surface area contributed by atoms with Crippen molar-refractivity contribution in [3.05, 3.63) is 65.7 Å². The Bertz CT molecular complexity index is 872. The molecule has 0 aliphatic rings. The molecule has 0 bridgehead atoms. The number of hydrogen-bond donors (Lipinski definition) is 1. The van der Waals surface area contributed by atoms with Crippen LogP contribution in [0.3, 0.4) is 0 Å². The first-order valence-electron chi connectivity index (χ1n) is 8.01. The molecule has 0 spiro atoms. The number of sulfonamides is 1. The third-order valence-electron chi connectivity index (χ3n) is 3.74. The molecule has 0 radical (unpaired) electrons. The maximum Gasteiger partial charge on any atom is 0.232 e. The molecule has 2 aromatic carbocycles. The highest BCUT2D eigenvalue weighted by Gasteiger charge is 2.21. The maximum atomic E-state index is 13.9. The fourth-order valence-electron chi connectivity index (χ4n) is 2.45. The highest BCUT2D eigenvalue weighted by atomic mass is 32.2. The second-order valence-corrected chi connectivity index (χ2v) is 7.63. The third kappa shape index (κ3) is 5.52. The minimum absolute atomic E-state index is 0.103. The quantitative estimate of drug-likeness (QED) is 0.763. The first-order chi connectivity index (χ1) is 12.3. The van der Waals surface area contributed by atoms with Crippen LogP contribution in [0.2, 0.25) is 0 Å². The van der Waals surface area contributed by atoms with Gasteiger partial charge in [-0.05, 0) is 30.2 Å². The van der Waals surface area contributed by atoms with Crippen molar-refractivity contribution in [2.24, 2.45) is 0 Å². The van der Waals surface area contributed by atoms with E-state index in [-0.39, 0.29) is 31.0 Å². The van der Waals surface area contributed by atoms with Gasteiger partial charge in [0.25, 0.3) is 0 Å². The first-order valence-corrected chi connectivity index (χ1v) is 9.86. The van der Waals surface area contributed by atoms with Crippen LogP contribution in [0.5, 0.6) is 0 Å². The summed E-state index contributed by atoms with van der Waals surface area (Å²) in [5.74, 6) is -1.42. The van der Waals surface area contributed by atoms with Crippen molar-refractivity contribution in [2.45, 2.75) is 12.8 Å². The van der Waals surface area contributed by atoms with E-state index in [4.69, 9.17) is 0 Å². The summed E-state index contributed by atoms with van der Waals surface area (Å²) in [6, 6.07) is 11.7. The molecule has 1 N–H and O–H groups in total. The topological polar surface area (TPSA) is 66.5 Å². The smallest absolute Gasteiger partial charge is 0.232 e. The summed E-state index contributed by atoms with van der Waals surface area (Å²) in [5, 5.41) is 2.61. The molecule has 1 amide bonds. The van der Waals surface area contributed by atoms with E-state index in [0.717, 1.165) is 16.6 Å². The van der Waals surface area contributed by atoms with Gasteiger partial charge in [0.1, 0.15) is 11.6 Å². The van der Waals surface area contributed by atoms with Crippen LogP contribution in [-0.2, 0) is 21.2 Å². The van der Waals surface area contributed by atoms with Gasteiger partial charge in [0.2, 0.25) is 15.9 Å². The average Bonchev–Trinajstić information content (AvgIpc) is 2.57. The molecule has 2 rings (SSSR count). The normalized spacial score (nSPS) is 11.2. The molecule has 0 atom stereocenters. The van der Waals surface area contributed by atoms with Gasteiger partial charge in [-0.2, -0.15) is 0 Å². The number of carbonyl (C=O) groups excluding carboxylic acids is 1. The van der Waals surface area contributed by atoms with Crippen LogP contribution in [0.4, 0.5) is 14.5 Å². The largest absolute Gasteiger partial charge is 0.356 e. The summed E-state index contributed by atoms with van der Waals surface area (Å²) in [4.78, 5) is 11.9. The molecule has 0 saturated carbocycles. The van der Waals surface area contributed by atoms with E-state index in [1.54, 1.807) is 18.2 Å². The summed E-state index contributed by atoms with van der Waals surface area (Å²) in [7, 11) is -3.74. The molecule has 140 valence electrons. The van der Waals surface area contributed by atoms with Crippen molar-refractivity contribution in [3.63, 3.8) is 0 Å². The minimum atomic E-state index is -3.74. The molecule has 0 unspecified atom stereocenters. The lowest BCUT2D eigenvalue weighted by atomic mass is 10.1. The van der Waals surface area contributed by atoms with Crippen molar-refractivity contribution in [2.75, 3.05) is 23.7 Å². The van der Waals surface area contributed by atoms with E-state index >= 15 is 0 Å². The number of amides is 1. The van der Waals surface area contributed by atoms with E-state index < -0.39 is 21.7 Å². The zero-order valence-corrected chi connectivity index (χ0v) is 15.1. The maximum absolute atomic E-state index is 13.9. The van der Waals surface area contributed by atoms with E-state index in [1.807, 2.05) is 0 Å². The van der Waals surface area contributed by atoms with Crippen molar-refractivity contribution < 1.29 is 22.0 Å². The Morgan fingerprint density at radius 1 is 1.04 bits per heavy atom. The first kappa shape index (κ1) is 19.8. The van der Waals surface area contributed by atoms with Gasteiger partial charge in [-0.25, -0.2) is 17.2 Å². The third-order valence-corrected chi connectivity index (χ3v) is 4.92. The molecule has 0 heterocycles. The number of rotatable bonds is 8. The van der Waals surface area contributed by atoms with Crippen LogP contribution in [0.1, 0.15) is 12.0 Å². The molecule has 0 fully saturated rings. The number of para-hydroxylation sites is 1. The Morgan fingerprint density at radius 2 is 1.65 bits per heavy atom. The highest BCUT2D eigenvalue weighted by molar-refractivity contribution is 7.92. The molecule has 0 aliphatic heterocycles. The number of carbonyl (C=O) groups is 1. The molecule has 5 nitrogen and oxygen atoms in total. The Morgan fingerprint density at radius 3 is 2.27 bits per heavy atom. The van der Waals surface area contributed by atoms with Gasteiger partial charge in [0.05, 0.1) is 11.9 Å². The predicted octanol–water partition coefficient (Wildman–Crippen LogP) is 2.48. The number of hydrogen-bond acceptors (Lipinski definition) is 3. The zero-order valence-electron chi connectivity index (χ0n) is 14.3. The molecule has 26 heavy (non-hydrogen) atoms. The van der Waals surface area contributed by atoms with E-state index in [1.165, 1.54) is 24.3 Å². The average molecular weight is 382 g/mol. The number of halogens is 2. The lowest BCUT2D eigenvalue weighted by molar-refractivity contribution is -0.120. The highest BCUT2D eigenvalue weighted by Crippen LogP contribution is 2.21. The van der Waals surface area contributed by atoms with Gasteiger partial charge in [0, 0.05) is 19.5 Å². The fraction of sp³-hybridized carbons (Fsp3) is 0.278. The second-order valence-electron chi connectivity index (χ2n) is 5.73. The van der Waals surface area contributed by atoms with Gasteiger partial charge >= 0.3 is 0 Å². The zero-order chi connectivity index (χ0) is 19.2. The number of anilines is 1. The predicted molar refractivity (Wildman–Crippen MR) is 96.3 cm³/mol. The van der Waals surface area contributed by atoms with Crippen LogP contribution in [0, 0.1) is 11.6 Å². The number of nitrogens with zero attached hydrogens (tertiary/aromatic N) is 1. The molecule has 8 heteroatoms. The van der Waals surface area contributed by atoms with Gasteiger partial charge in [-0.15, -0.1) is 0 Å². The summed E-state index contributed by atoms with van der Waals surface area (Å²) in [6.07, 6.45) is 1.13. The van der Waals surface area contributed by atoms with Crippen LogP contribution in [0.25, 0.3) is 0 Å². The van der Waals surface area contributed by atoms with E-state index in [0.29, 0.717) is 12.0 Å². The molecule has 0 saturated heterocycles. The van der Waals surface area contributed by atoms with E-state index in [2.05, 4.69) is 5.32 Å². The van der Waals surface area contributed by atoms with Gasteiger partial charge in [-0.1, -0.05) is 30.3 Å². The molecule has 0 aromatic heterocycles. The summed E-state index contributed by atoms with van der Waals surface area (Å²) < 4.78 is 52.1. The Kier molecular flexibility index (Phi) is 6.68. The lowest BCUT2D eigenvalue weighted by Gasteiger charge is -2.22. The number of nitrogens with one attached hydrogen (secondary N) is 1. The monoisotopic (exact) mass is 382 g/mol. The molecule has 2 aromatic rings. The summed E-state index contributed by atoms with van der Waals surface area (Å²) >= 11 is 0. The standard InChI is InChI=1S/C18H20F2N2O3S/c1-26(24,25)22(17-9-5-4-8-16(17)20)13-11-18(23)21-12-10-14-6-2-3-7-15(14)19/h2-9H,10-13H2,1H3,(H,21,23). The molecular weight excluding hydrogens is 362 g/mol. The fourth-order valence-corrected chi connectivity index (χ4v) is 3.38. The van der Waals surface area contributed by atoms with Gasteiger partial charge < -0.3 is 5.32 Å². The molecular formula is C18H20F2N2O3S. The van der Waals surface area contributed by atoms with Crippen molar-refractivity contribution in [1.29, 1.82) is 0 Å². The number of benzene rings is 2. The van der Waals surface area contributed by atoms with Crippen molar-refractivity contribution in [3.8, 4) is 0 Å². The molecule has 0 aliphatic carbocycles. The Labute approximate surface area is 151 Å². The van der Waals surface area contributed by atoms with Crippen LogP contribution < -0.4 is 9.62 Å². The summed E-state index contributed by atoms with van der Waals surface area (Å²) in [5.41, 5.74) is 0.381. The van der Waals surface area contributed by atoms with Crippen LogP contribution in [-0.4, -0.2) is 33.7 Å². The van der Waals surface area contributed by atoms with E-state index in [9.17, 15) is 22.0 Å². The Hall–Kier alpha value is -2.48. The van der Waals surface area contributed by atoms with Crippen molar-refractivity contribution in [1.82, 2.24) is 5.32 Å². The minimum Gasteiger partial charge on any atom is -0.356 e. The van der Waals surface area contributed by atoms with Gasteiger partial charge in [-0.3, -0.25) is 9.10 Å². The lowest BCUT2D eigenvalue weighted by Crippen LogP contribution is -2.35. The van der Waals surface area contributed by atoms with Gasteiger partial charge in [0.15, 0.2) is 0 Å². The Balaban J connectivity index is 1.91. The summed E-state index contributed by atoms with van der Waals surface area (Å²) in [6.45, 7) is 0.0314. The SMILES string of the molecule is CS(=O)(=O)N(CCC(=O)NCCc1ccccc1F)c1ccccc1F.